The molecule has 1 amide bonds. The predicted octanol–water partition coefficient (Wildman–Crippen LogP) is 1.53. The molecule has 1 heterocycles. The van der Waals surface area contributed by atoms with Crippen molar-refractivity contribution in [2.75, 3.05) is 19.6 Å². The Morgan fingerprint density at radius 3 is 3.11 bits per heavy atom. The van der Waals surface area contributed by atoms with E-state index in [0.717, 1.165) is 0 Å². The summed E-state index contributed by atoms with van der Waals surface area (Å²) in [6.45, 7) is 1.52. The molecule has 1 aromatic rings. The Labute approximate surface area is 113 Å². The SMILES string of the molecule is N#CC1CNCCN1C(=O)c1cccc(F)c1Br. The molecule has 94 valence electrons. The molecule has 18 heavy (non-hydrogen) atoms. The second-order valence-electron chi connectivity index (χ2n) is 3.95. The number of hydrogen-bond donors (Lipinski definition) is 1. The van der Waals surface area contributed by atoms with Gasteiger partial charge in [-0.25, -0.2) is 4.39 Å². The Hall–Kier alpha value is -1.45. The molecule has 2 rings (SSSR count). The lowest BCUT2D eigenvalue weighted by Crippen LogP contribution is -2.53. The molecule has 1 atom stereocenters. The van der Waals surface area contributed by atoms with Crippen molar-refractivity contribution in [3.05, 3.63) is 34.1 Å². The molecule has 1 unspecified atom stereocenters. The first kappa shape index (κ1) is 13.0. The van der Waals surface area contributed by atoms with Crippen molar-refractivity contribution in [3.8, 4) is 6.07 Å². The maximum Gasteiger partial charge on any atom is 0.256 e. The van der Waals surface area contributed by atoms with Gasteiger partial charge in [0.15, 0.2) is 0 Å². The van der Waals surface area contributed by atoms with Crippen LogP contribution in [0.3, 0.4) is 0 Å². The number of nitriles is 1. The van der Waals surface area contributed by atoms with Crippen LogP contribution in [-0.2, 0) is 0 Å². The van der Waals surface area contributed by atoms with Gasteiger partial charge in [0.2, 0.25) is 0 Å². The van der Waals surface area contributed by atoms with Gasteiger partial charge < -0.3 is 10.2 Å². The molecule has 1 aliphatic heterocycles. The summed E-state index contributed by atoms with van der Waals surface area (Å²) < 4.78 is 13.5. The van der Waals surface area contributed by atoms with Gasteiger partial charge in [-0.2, -0.15) is 5.26 Å². The largest absolute Gasteiger partial charge is 0.320 e. The monoisotopic (exact) mass is 311 g/mol. The number of benzene rings is 1. The van der Waals surface area contributed by atoms with Crippen molar-refractivity contribution in [1.82, 2.24) is 10.2 Å². The lowest BCUT2D eigenvalue weighted by Gasteiger charge is -2.32. The quantitative estimate of drug-likeness (QED) is 0.855. The summed E-state index contributed by atoms with van der Waals surface area (Å²) in [5.41, 5.74) is 0.247. The highest BCUT2D eigenvalue weighted by Gasteiger charge is 2.28. The molecule has 0 radical (unpaired) electrons. The minimum atomic E-state index is -0.513. The van der Waals surface area contributed by atoms with Crippen LogP contribution in [0.4, 0.5) is 4.39 Å². The number of carbonyl (C=O) groups excluding carboxylic acids is 1. The summed E-state index contributed by atoms with van der Waals surface area (Å²) in [6.07, 6.45) is 0. The number of nitrogens with one attached hydrogen (secondary N) is 1. The fourth-order valence-electron chi connectivity index (χ4n) is 1.89. The van der Waals surface area contributed by atoms with Crippen LogP contribution in [0.5, 0.6) is 0 Å². The molecule has 1 saturated heterocycles. The van der Waals surface area contributed by atoms with Crippen LogP contribution in [0.15, 0.2) is 22.7 Å². The number of carbonyl (C=O) groups is 1. The van der Waals surface area contributed by atoms with Gasteiger partial charge in [0.25, 0.3) is 5.91 Å². The fourth-order valence-corrected chi connectivity index (χ4v) is 2.32. The van der Waals surface area contributed by atoms with E-state index in [-0.39, 0.29) is 15.9 Å². The van der Waals surface area contributed by atoms with Gasteiger partial charge in [-0.1, -0.05) is 6.07 Å². The molecular weight excluding hydrogens is 301 g/mol. The van der Waals surface area contributed by atoms with Crippen LogP contribution in [0.25, 0.3) is 0 Å². The summed E-state index contributed by atoms with van der Waals surface area (Å²) >= 11 is 3.07. The summed E-state index contributed by atoms with van der Waals surface area (Å²) in [4.78, 5) is 13.8. The molecule has 1 aliphatic rings. The van der Waals surface area contributed by atoms with E-state index in [1.54, 1.807) is 6.07 Å². The highest BCUT2D eigenvalue weighted by molar-refractivity contribution is 9.10. The van der Waals surface area contributed by atoms with Crippen molar-refractivity contribution >= 4 is 21.8 Å². The maximum absolute atomic E-state index is 13.4. The van der Waals surface area contributed by atoms with E-state index in [1.165, 1.54) is 17.0 Å². The maximum atomic E-state index is 13.4. The zero-order valence-corrected chi connectivity index (χ0v) is 11.1. The Morgan fingerprint density at radius 2 is 2.39 bits per heavy atom. The molecule has 0 aromatic heterocycles. The van der Waals surface area contributed by atoms with Crippen LogP contribution >= 0.6 is 15.9 Å². The average molecular weight is 312 g/mol. The van der Waals surface area contributed by atoms with E-state index in [4.69, 9.17) is 5.26 Å². The minimum Gasteiger partial charge on any atom is -0.320 e. The lowest BCUT2D eigenvalue weighted by atomic mass is 10.1. The molecule has 1 aromatic carbocycles. The van der Waals surface area contributed by atoms with E-state index in [9.17, 15) is 9.18 Å². The molecule has 0 bridgehead atoms. The highest BCUT2D eigenvalue weighted by Crippen LogP contribution is 2.22. The Morgan fingerprint density at radius 1 is 1.61 bits per heavy atom. The number of amides is 1. The van der Waals surface area contributed by atoms with Crippen molar-refractivity contribution in [1.29, 1.82) is 5.26 Å². The summed E-state index contributed by atoms with van der Waals surface area (Å²) in [5, 5.41) is 12.1. The number of hydrogen-bond acceptors (Lipinski definition) is 3. The van der Waals surface area contributed by atoms with Crippen molar-refractivity contribution in [2.45, 2.75) is 6.04 Å². The zero-order valence-electron chi connectivity index (χ0n) is 9.49. The second kappa shape index (κ2) is 5.46. The van der Waals surface area contributed by atoms with Crippen LogP contribution in [0.1, 0.15) is 10.4 Å². The van der Waals surface area contributed by atoms with Crippen LogP contribution in [0, 0.1) is 17.1 Å². The van der Waals surface area contributed by atoms with Gasteiger partial charge in [-0.3, -0.25) is 4.79 Å². The smallest absolute Gasteiger partial charge is 0.256 e. The van der Waals surface area contributed by atoms with E-state index >= 15 is 0 Å². The van der Waals surface area contributed by atoms with E-state index in [1.807, 2.05) is 0 Å². The molecule has 0 saturated carbocycles. The first-order valence-electron chi connectivity index (χ1n) is 5.50. The zero-order chi connectivity index (χ0) is 13.1. The third kappa shape index (κ3) is 2.37. The molecule has 4 nitrogen and oxygen atoms in total. The van der Waals surface area contributed by atoms with Gasteiger partial charge >= 0.3 is 0 Å². The van der Waals surface area contributed by atoms with Gasteiger partial charge in [-0.05, 0) is 28.1 Å². The average Bonchev–Trinajstić information content (AvgIpc) is 2.41. The van der Waals surface area contributed by atoms with E-state index < -0.39 is 11.9 Å². The van der Waals surface area contributed by atoms with Gasteiger partial charge in [0.05, 0.1) is 16.1 Å². The Kier molecular flexibility index (Phi) is 3.94. The van der Waals surface area contributed by atoms with Gasteiger partial charge in [0.1, 0.15) is 11.9 Å². The Bertz CT molecular complexity index is 515. The lowest BCUT2D eigenvalue weighted by molar-refractivity contribution is 0.0685. The normalized spacial score (nSPS) is 19.4. The molecular formula is C12H11BrFN3O. The minimum absolute atomic E-state index is 0.144. The van der Waals surface area contributed by atoms with Crippen LogP contribution in [0.2, 0.25) is 0 Å². The first-order valence-corrected chi connectivity index (χ1v) is 6.29. The second-order valence-corrected chi connectivity index (χ2v) is 4.74. The van der Waals surface area contributed by atoms with Gasteiger partial charge in [-0.15, -0.1) is 0 Å². The molecule has 1 N–H and O–H groups in total. The van der Waals surface area contributed by atoms with Crippen LogP contribution < -0.4 is 5.32 Å². The highest BCUT2D eigenvalue weighted by atomic mass is 79.9. The van der Waals surface area contributed by atoms with E-state index in [0.29, 0.717) is 19.6 Å². The van der Waals surface area contributed by atoms with E-state index in [2.05, 4.69) is 27.3 Å². The summed E-state index contributed by atoms with van der Waals surface area (Å²) in [5.74, 6) is -0.807. The number of rotatable bonds is 1. The van der Waals surface area contributed by atoms with Crippen molar-refractivity contribution in [3.63, 3.8) is 0 Å². The first-order chi connectivity index (χ1) is 8.65. The molecule has 0 aliphatic carbocycles. The summed E-state index contributed by atoms with van der Waals surface area (Å²) in [7, 11) is 0. The molecule has 1 fully saturated rings. The fraction of sp³-hybridized carbons (Fsp3) is 0.333. The molecule has 0 spiro atoms. The summed E-state index contributed by atoms with van der Waals surface area (Å²) in [6, 6.07) is 5.87. The topological polar surface area (TPSA) is 56.1 Å². The van der Waals surface area contributed by atoms with Crippen molar-refractivity contribution < 1.29 is 9.18 Å². The van der Waals surface area contributed by atoms with Crippen molar-refractivity contribution in [2.24, 2.45) is 0 Å². The number of nitrogens with zero attached hydrogens (tertiary/aromatic N) is 2. The van der Waals surface area contributed by atoms with Gasteiger partial charge in [0, 0.05) is 19.6 Å². The van der Waals surface area contributed by atoms with Crippen LogP contribution in [-0.4, -0.2) is 36.5 Å². The number of piperazine rings is 1. The number of halogens is 2. The standard InChI is InChI=1S/C12H11BrFN3O/c13-11-9(2-1-3-10(11)14)12(18)17-5-4-16-7-8(17)6-15/h1-3,8,16H,4-5,7H2. The molecule has 6 heteroatoms. The third-order valence-corrected chi connectivity index (χ3v) is 3.64. The predicted molar refractivity (Wildman–Crippen MR) is 67.4 cm³/mol. The Balaban J connectivity index is 2.30. The third-order valence-electron chi connectivity index (χ3n) is 2.84.